The van der Waals surface area contributed by atoms with Crippen molar-refractivity contribution >= 4 is 29.9 Å². The molecule has 1 heterocycles. The Balaban J connectivity index is 0.00000625. The predicted octanol–water partition coefficient (Wildman–Crippen LogP) is 2.25. The Kier molecular flexibility index (Phi) is 14.8. The average molecular weight is 483 g/mol. The van der Waals surface area contributed by atoms with E-state index in [9.17, 15) is 0 Å². The number of hydrogen-bond acceptors (Lipinski definition) is 4. The quantitative estimate of drug-likeness (QED) is 0.284. The molecule has 0 bridgehead atoms. The summed E-state index contributed by atoms with van der Waals surface area (Å²) in [6.45, 7) is 19.5. The lowest BCUT2D eigenvalue weighted by molar-refractivity contribution is 0.0258. The summed E-state index contributed by atoms with van der Waals surface area (Å²) in [5, 5.41) is 6.89. The van der Waals surface area contributed by atoms with Crippen molar-refractivity contribution in [1.82, 2.24) is 20.4 Å². The first-order valence-electron chi connectivity index (χ1n) is 10.0. The number of ether oxygens (including phenoxy) is 1. The maximum Gasteiger partial charge on any atom is 0.191 e. The van der Waals surface area contributed by atoms with Crippen LogP contribution in [0, 0.1) is 5.92 Å². The second kappa shape index (κ2) is 14.9. The maximum absolute atomic E-state index is 5.80. The Morgan fingerprint density at radius 3 is 2.23 bits per heavy atom. The average Bonchev–Trinajstić information content (AvgIpc) is 2.63. The van der Waals surface area contributed by atoms with Gasteiger partial charge in [-0.3, -0.25) is 9.89 Å². The molecule has 0 spiro atoms. The summed E-state index contributed by atoms with van der Waals surface area (Å²) in [6.07, 6.45) is 1.31. The molecule has 26 heavy (non-hydrogen) atoms. The molecule has 2 unspecified atom stereocenters. The van der Waals surface area contributed by atoms with E-state index in [-0.39, 0.29) is 24.0 Å². The first-order chi connectivity index (χ1) is 12.0. The molecule has 0 aromatic rings. The van der Waals surface area contributed by atoms with Crippen LogP contribution in [0.15, 0.2) is 4.99 Å². The molecule has 1 saturated heterocycles. The van der Waals surface area contributed by atoms with Gasteiger partial charge in [-0.2, -0.15) is 0 Å². The highest BCUT2D eigenvalue weighted by Crippen LogP contribution is 2.10. The molecule has 1 rings (SSSR count). The highest BCUT2D eigenvalue weighted by molar-refractivity contribution is 14.0. The Morgan fingerprint density at radius 1 is 1.08 bits per heavy atom. The normalized spacial score (nSPS) is 19.1. The van der Waals surface area contributed by atoms with Crippen molar-refractivity contribution in [2.45, 2.75) is 53.2 Å². The van der Waals surface area contributed by atoms with Crippen molar-refractivity contribution in [3.63, 3.8) is 0 Å². The molecule has 1 aliphatic heterocycles. The van der Waals surface area contributed by atoms with Crippen LogP contribution in [0.1, 0.15) is 41.0 Å². The number of halogens is 1. The zero-order chi connectivity index (χ0) is 18.7. The molecule has 0 aromatic carbocycles. The summed E-state index contributed by atoms with van der Waals surface area (Å²) in [5.74, 6) is 1.43. The summed E-state index contributed by atoms with van der Waals surface area (Å²) in [7, 11) is 1.84. The van der Waals surface area contributed by atoms with Gasteiger partial charge in [-0.05, 0) is 32.7 Å². The topological polar surface area (TPSA) is 52.1 Å². The number of nitrogens with zero attached hydrogens (tertiary/aromatic N) is 3. The van der Waals surface area contributed by atoms with Gasteiger partial charge < -0.3 is 20.3 Å². The van der Waals surface area contributed by atoms with Crippen LogP contribution in [0.25, 0.3) is 0 Å². The van der Waals surface area contributed by atoms with Gasteiger partial charge >= 0.3 is 0 Å². The Hall–Kier alpha value is -0.120. The second-order valence-electron chi connectivity index (χ2n) is 7.23. The van der Waals surface area contributed by atoms with Gasteiger partial charge in [-0.1, -0.05) is 20.8 Å². The molecule has 2 atom stereocenters. The number of guanidine groups is 1. The molecule has 0 amide bonds. The van der Waals surface area contributed by atoms with Gasteiger partial charge in [-0.15, -0.1) is 24.0 Å². The summed E-state index contributed by atoms with van der Waals surface area (Å²) >= 11 is 0. The summed E-state index contributed by atoms with van der Waals surface area (Å²) in [5.41, 5.74) is 0. The minimum Gasteiger partial charge on any atom is -0.378 e. The number of likely N-dealkylation sites (N-methyl/N-ethyl adjacent to an activating group) is 1. The van der Waals surface area contributed by atoms with E-state index in [4.69, 9.17) is 4.74 Å². The van der Waals surface area contributed by atoms with Crippen LogP contribution >= 0.6 is 24.0 Å². The first kappa shape index (κ1) is 25.9. The second-order valence-corrected chi connectivity index (χ2v) is 7.23. The Bertz CT molecular complexity index is 373. The number of aliphatic imine (C=N–C) groups is 1. The van der Waals surface area contributed by atoms with Crippen molar-refractivity contribution in [1.29, 1.82) is 0 Å². The summed E-state index contributed by atoms with van der Waals surface area (Å²) in [6, 6.07) is 0.518. The van der Waals surface area contributed by atoms with Gasteiger partial charge in [0.1, 0.15) is 0 Å². The summed E-state index contributed by atoms with van der Waals surface area (Å²) in [4.78, 5) is 9.43. The van der Waals surface area contributed by atoms with Gasteiger partial charge in [0.25, 0.3) is 0 Å². The number of nitrogens with one attached hydrogen (secondary N) is 2. The van der Waals surface area contributed by atoms with Gasteiger partial charge in [0.15, 0.2) is 5.96 Å². The van der Waals surface area contributed by atoms with Gasteiger partial charge in [0.2, 0.25) is 0 Å². The first-order valence-corrected chi connectivity index (χ1v) is 10.0. The Morgan fingerprint density at radius 2 is 1.73 bits per heavy atom. The minimum atomic E-state index is 0. The molecule has 7 heteroatoms. The molecular weight excluding hydrogens is 441 g/mol. The SMILES string of the molecule is CCOC(CCNC(=NC)NCC(C)N1CCN(CC)CC1)C(C)C.I. The monoisotopic (exact) mass is 483 g/mol. The highest BCUT2D eigenvalue weighted by atomic mass is 127. The molecule has 0 aliphatic carbocycles. The zero-order valence-electron chi connectivity index (χ0n) is 17.8. The third kappa shape index (κ3) is 9.71. The van der Waals surface area contributed by atoms with E-state index >= 15 is 0 Å². The number of hydrogen-bond donors (Lipinski definition) is 2. The van der Waals surface area contributed by atoms with E-state index in [1.54, 1.807) is 0 Å². The third-order valence-electron chi connectivity index (χ3n) is 5.11. The van der Waals surface area contributed by atoms with Crippen molar-refractivity contribution in [2.75, 3.05) is 59.5 Å². The largest absolute Gasteiger partial charge is 0.378 e. The van der Waals surface area contributed by atoms with Crippen LogP contribution in [0.4, 0.5) is 0 Å². The van der Waals surface area contributed by atoms with Crippen molar-refractivity contribution in [3.8, 4) is 0 Å². The van der Waals surface area contributed by atoms with E-state index in [1.165, 1.54) is 13.1 Å². The van der Waals surface area contributed by atoms with Crippen LogP contribution in [0.2, 0.25) is 0 Å². The van der Waals surface area contributed by atoms with E-state index in [1.807, 2.05) is 7.05 Å². The fourth-order valence-electron chi connectivity index (χ4n) is 3.27. The molecule has 6 nitrogen and oxygen atoms in total. The lowest BCUT2D eigenvalue weighted by Gasteiger charge is -2.37. The van der Waals surface area contributed by atoms with E-state index in [2.05, 4.69) is 60.0 Å². The molecule has 0 radical (unpaired) electrons. The van der Waals surface area contributed by atoms with Gasteiger partial charge in [-0.25, -0.2) is 0 Å². The highest BCUT2D eigenvalue weighted by Gasteiger charge is 2.20. The third-order valence-corrected chi connectivity index (χ3v) is 5.11. The fourth-order valence-corrected chi connectivity index (χ4v) is 3.27. The van der Waals surface area contributed by atoms with Crippen LogP contribution < -0.4 is 10.6 Å². The van der Waals surface area contributed by atoms with Crippen LogP contribution in [-0.2, 0) is 4.74 Å². The minimum absolute atomic E-state index is 0. The molecule has 1 aliphatic rings. The molecule has 0 aromatic heterocycles. The maximum atomic E-state index is 5.80. The van der Waals surface area contributed by atoms with Crippen molar-refractivity contribution in [3.05, 3.63) is 0 Å². The Labute approximate surface area is 178 Å². The van der Waals surface area contributed by atoms with Crippen molar-refractivity contribution < 1.29 is 4.74 Å². The van der Waals surface area contributed by atoms with Crippen LogP contribution in [0.3, 0.4) is 0 Å². The lowest BCUT2D eigenvalue weighted by Crippen LogP contribution is -2.53. The van der Waals surface area contributed by atoms with Crippen LogP contribution in [-0.4, -0.2) is 87.4 Å². The van der Waals surface area contributed by atoms with E-state index in [0.29, 0.717) is 18.1 Å². The van der Waals surface area contributed by atoms with Crippen molar-refractivity contribution in [2.24, 2.45) is 10.9 Å². The number of piperazine rings is 1. The lowest BCUT2D eigenvalue weighted by atomic mass is 10.0. The zero-order valence-corrected chi connectivity index (χ0v) is 20.1. The molecule has 0 saturated carbocycles. The number of rotatable bonds is 10. The smallest absolute Gasteiger partial charge is 0.191 e. The standard InChI is InChI=1S/C19H41N5O.HI/c1-7-23-11-13-24(14-12-23)17(5)15-22-19(20-6)21-10-9-18(16(3)4)25-8-2;/h16-18H,7-15H2,1-6H3,(H2,20,21,22);1H. The van der Waals surface area contributed by atoms with Crippen LogP contribution in [0.5, 0.6) is 0 Å². The predicted molar refractivity (Wildman–Crippen MR) is 123 cm³/mol. The summed E-state index contributed by atoms with van der Waals surface area (Å²) < 4.78 is 5.80. The van der Waals surface area contributed by atoms with E-state index < -0.39 is 0 Å². The molecular formula is C19H42IN5O. The van der Waals surface area contributed by atoms with Gasteiger partial charge in [0.05, 0.1) is 6.10 Å². The fraction of sp³-hybridized carbons (Fsp3) is 0.947. The molecule has 156 valence electrons. The van der Waals surface area contributed by atoms with Gasteiger partial charge in [0, 0.05) is 59.0 Å². The molecule has 1 fully saturated rings. The van der Waals surface area contributed by atoms with E-state index in [0.717, 1.165) is 51.7 Å². The molecule has 2 N–H and O–H groups in total.